The second-order valence-electron chi connectivity index (χ2n) is 10.1. The number of aromatic nitrogens is 2. The number of hydrogen-bond donors (Lipinski definition) is 1. The average Bonchev–Trinajstić information content (AvgIpc) is 3.08. The Bertz CT molecular complexity index is 1330. The van der Waals surface area contributed by atoms with Crippen molar-refractivity contribution in [2.75, 3.05) is 45.7 Å². The van der Waals surface area contributed by atoms with Gasteiger partial charge in [0.2, 0.25) is 0 Å². The summed E-state index contributed by atoms with van der Waals surface area (Å²) in [5, 5.41) is 0. The highest BCUT2D eigenvalue weighted by Crippen LogP contribution is 2.48. The minimum absolute atomic E-state index is 0.108. The molecule has 3 heterocycles. The minimum Gasteiger partial charge on any atom is -0.467 e. The van der Waals surface area contributed by atoms with Crippen LogP contribution in [0.1, 0.15) is 35.2 Å². The number of alkyl halides is 2. The predicted molar refractivity (Wildman–Crippen MR) is 140 cm³/mol. The maximum Gasteiger partial charge on any atom is 0.387 e. The van der Waals surface area contributed by atoms with Gasteiger partial charge in [-0.25, -0.2) is 0 Å². The zero-order valence-corrected chi connectivity index (χ0v) is 22.2. The van der Waals surface area contributed by atoms with Crippen molar-refractivity contribution in [3.05, 3.63) is 52.4 Å². The number of carbonyl (C=O) groups excluding carboxylic acids is 1. The van der Waals surface area contributed by atoms with Crippen molar-refractivity contribution in [1.82, 2.24) is 14.9 Å². The third-order valence-electron chi connectivity index (χ3n) is 7.30. The van der Waals surface area contributed by atoms with Crippen LogP contribution in [0.15, 0.2) is 35.0 Å². The number of halogens is 2. The van der Waals surface area contributed by atoms with Crippen molar-refractivity contribution < 1.29 is 27.8 Å². The summed E-state index contributed by atoms with van der Waals surface area (Å²) in [6.45, 7) is -0.988. The van der Waals surface area contributed by atoms with Crippen LogP contribution in [0.5, 0.6) is 11.8 Å². The third-order valence-corrected chi connectivity index (χ3v) is 7.30. The first-order valence-electron chi connectivity index (χ1n) is 12.8. The molecule has 0 saturated carbocycles. The first-order chi connectivity index (χ1) is 18.7. The molecular weight excluding hydrogens is 510 g/mol. The van der Waals surface area contributed by atoms with E-state index in [-0.39, 0.29) is 30.0 Å². The SMILES string of the molecule is COc1nc2c(c(N3CCCN=C(/C=C(\N)C(=O)N(C)C)C3)n1)COC1(CCc3ccc(OC(F)F)cc31)C2. The zero-order chi connectivity index (χ0) is 27.7. The Morgan fingerprint density at radius 3 is 2.87 bits per heavy atom. The van der Waals surface area contributed by atoms with Crippen LogP contribution in [0.25, 0.3) is 0 Å². The zero-order valence-electron chi connectivity index (χ0n) is 22.2. The van der Waals surface area contributed by atoms with E-state index in [4.69, 9.17) is 15.2 Å². The van der Waals surface area contributed by atoms with E-state index in [1.807, 2.05) is 6.07 Å². The van der Waals surface area contributed by atoms with Gasteiger partial charge >= 0.3 is 12.6 Å². The van der Waals surface area contributed by atoms with Gasteiger partial charge in [0.05, 0.1) is 43.0 Å². The van der Waals surface area contributed by atoms with Gasteiger partial charge in [-0.2, -0.15) is 18.7 Å². The number of likely N-dealkylation sites (N-methyl/N-ethyl adjacent to an activating group) is 1. The highest BCUT2D eigenvalue weighted by Gasteiger charge is 2.45. The number of anilines is 1. The summed E-state index contributed by atoms with van der Waals surface area (Å²) in [7, 11) is 4.81. The Balaban J connectivity index is 1.47. The lowest BCUT2D eigenvalue weighted by molar-refractivity contribution is -0.124. The number of hydrogen-bond acceptors (Lipinski definition) is 9. The van der Waals surface area contributed by atoms with Gasteiger partial charge in [0.1, 0.15) is 11.6 Å². The lowest BCUT2D eigenvalue weighted by Gasteiger charge is -2.37. The van der Waals surface area contributed by atoms with Gasteiger partial charge in [-0.15, -0.1) is 0 Å². The monoisotopic (exact) mass is 542 g/mol. The largest absolute Gasteiger partial charge is 0.467 e. The molecule has 208 valence electrons. The van der Waals surface area contributed by atoms with Crippen LogP contribution >= 0.6 is 0 Å². The van der Waals surface area contributed by atoms with Gasteiger partial charge < -0.3 is 29.7 Å². The average molecular weight is 543 g/mol. The summed E-state index contributed by atoms with van der Waals surface area (Å²) in [5.74, 6) is 0.504. The maximum absolute atomic E-state index is 12.9. The second kappa shape index (κ2) is 10.8. The quantitative estimate of drug-likeness (QED) is 0.554. The molecule has 1 aromatic heterocycles. The fraction of sp³-hybridized carbons (Fsp3) is 0.481. The maximum atomic E-state index is 12.9. The van der Waals surface area contributed by atoms with Gasteiger partial charge in [-0.3, -0.25) is 9.79 Å². The van der Waals surface area contributed by atoms with E-state index in [1.54, 1.807) is 32.3 Å². The standard InChI is InChI=1S/C27H32F2N6O4/c1-34(2)24(36)21(30)11-17-14-35(10-4-9-31-17)23-19-15-38-27(13-22(19)32-26(33-23)37-3)8-7-16-5-6-18(12-20(16)27)39-25(28)29/h5-6,11-12,25H,4,7-10,13-15,30H2,1-3H3/b21-11-. The number of benzene rings is 1. The van der Waals surface area contributed by atoms with Crippen LogP contribution in [-0.2, 0) is 34.6 Å². The molecule has 1 unspecified atom stereocenters. The van der Waals surface area contributed by atoms with E-state index >= 15 is 0 Å². The molecule has 2 aliphatic heterocycles. The van der Waals surface area contributed by atoms with Crippen LogP contribution in [0.3, 0.4) is 0 Å². The highest BCUT2D eigenvalue weighted by atomic mass is 19.3. The summed E-state index contributed by atoms with van der Waals surface area (Å²) in [5.41, 5.74) is 9.66. The molecule has 1 amide bonds. The first kappa shape index (κ1) is 26.8. The first-order valence-corrected chi connectivity index (χ1v) is 12.8. The Kier molecular flexibility index (Phi) is 7.39. The van der Waals surface area contributed by atoms with Crippen molar-refractivity contribution in [3.8, 4) is 11.8 Å². The number of fused-ring (bicyclic) bond motifs is 3. The number of methoxy groups -OCH3 is 1. The van der Waals surface area contributed by atoms with Crippen LogP contribution < -0.4 is 20.1 Å². The van der Waals surface area contributed by atoms with Crippen LogP contribution in [-0.4, -0.2) is 73.9 Å². The molecule has 5 rings (SSSR count). The fourth-order valence-corrected chi connectivity index (χ4v) is 5.43. The topological polar surface area (TPSA) is 115 Å². The molecule has 1 spiro atoms. The third kappa shape index (κ3) is 5.38. The van der Waals surface area contributed by atoms with Crippen molar-refractivity contribution in [3.63, 3.8) is 0 Å². The molecule has 1 atom stereocenters. The Morgan fingerprint density at radius 1 is 1.31 bits per heavy atom. The fourth-order valence-electron chi connectivity index (χ4n) is 5.43. The lowest BCUT2D eigenvalue weighted by Crippen LogP contribution is -2.37. The highest BCUT2D eigenvalue weighted by molar-refractivity contribution is 6.05. The van der Waals surface area contributed by atoms with Gasteiger partial charge in [0, 0.05) is 39.2 Å². The van der Waals surface area contributed by atoms with Crippen LogP contribution in [0.4, 0.5) is 14.6 Å². The van der Waals surface area contributed by atoms with Crippen molar-refractivity contribution in [2.45, 2.75) is 44.5 Å². The summed E-state index contributed by atoms with van der Waals surface area (Å²) in [6, 6.07) is 5.28. The number of amides is 1. The van der Waals surface area contributed by atoms with Crippen LogP contribution in [0.2, 0.25) is 0 Å². The molecule has 0 bridgehead atoms. The Hall–Kier alpha value is -3.80. The van der Waals surface area contributed by atoms with Gasteiger partial charge in [0.15, 0.2) is 0 Å². The molecule has 39 heavy (non-hydrogen) atoms. The molecule has 0 radical (unpaired) electrons. The number of nitrogens with zero attached hydrogens (tertiary/aromatic N) is 5. The van der Waals surface area contributed by atoms with E-state index in [0.717, 1.165) is 35.2 Å². The summed E-state index contributed by atoms with van der Waals surface area (Å²) in [6.07, 6.45) is 4.31. The van der Waals surface area contributed by atoms with Crippen molar-refractivity contribution in [1.29, 1.82) is 0 Å². The van der Waals surface area contributed by atoms with Crippen molar-refractivity contribution in [2.24, 2.45) is 10.7 Å². The molecule has 1 aliphatic carbocycles. The molecule has 2 aromatic rings. The number of carbonyl (C=O) groups is 1. The second-order valence-corrected chi connectivity index (χ2v) is 10.1. The molecule has 0 saturated heterocycles. The number of nitrogens with two attached hydrogens (primary N) is 1. The smallest absolute Gasteiger partial charge is 0.387 e. The van der Waals surface area contributed by atoms with E-state index < -0.39 is 12.2 Å². The lowest BCUT2D eigenvalue weighted by atomic mass is 9.86. The number of aliphatic imine (C=N–C) groups is 1. The molecule has 2 N–H and O–H groups in total. The van der Waals surface area contributed by atoms with E-state index in [2.05, 4.69) is 24.6 Å². The van der Waals surface area contributed by atoms with Gasteiger partial charge in [0.25, 0.3) is 5.91 Å². The number of aryl methyl sites for hydroxylation is 1. The summed E-state index contributed by atoms with van der Waals surface area (Å²) >= 11 is 0. The molecule has 3 aliphatic rings. The predicted octanol–water partition coefficient (Wildman–Crippen LogP) is 2.58. The molecular formula is C27H32F2N6O4. The Morgan fingerprint density at radius 2 is 2.13 bits per heavy atom. The van der Waals surface area contributed by atoms with E-state index in [0.29, 0.717) is 44.0 Å². The number of ether oxygens (including phenoxy) is 3. The molecule has 1 aromatic carbocycles. The van der Waals surface area contributed by atoms with Gasteiger partial charge in [-0.05, 0) is 48.6 Å². The Labute approximate surface area is 225 Å². The minimum atomic E-state index is -2.90. The van der Waals surface area contributed by atoms with E-state index in [1.165, 1.54) is 12.0 Å². The summed E-state index contributed by atoms with van der Waals surface area (Å²) < 4.78 is 42.4. The number of rotatable bonds is 6. The van der Waals surface area contributed by atoms with E-state index in [9.17, 15) is 13.6 Å². The van der Waals surface area contributed by atoms with Crippen LogP contribution in [0, 0.1) is 0 Å². The summed E-state index contributed by atoms with van der Waals surface area (Å²) in [4.78, 5) is 29.8. The van der Waals surface area contributed by atoms with Gasteiger partial charge in [-0.1, -0.05) is 6.07 Å². The molecule has 10 nitrogen and oxygen atoms in total. The molecule has 0 fully saturated rings. The molecule has 12 heteroatoms. The van der Waals surface area contributed by atoms with Crippen molar-refractivity contribution >= 4 is 17.4 Å². The normalized spacial score (nSPS) is 20.8.